The van der Waals surface area contributed by atoms with Crippen molar-refractivity contribution in [2.24, 2.45) is 11.8 Å². The molecule has 34 heavy (non-hydrogen) atoms. The first kappa shape index (κ1) is 23.5. The number of ether oxygens (including phenoxy) is 1. The quantitative estimate of drug-likeness (QED) is 0.230. The molecule has 0 bridgehead atoms. The summed E-state index contributed by atoms with van der Waals surface area (Å²) in [6.07, 6.45) is 0.0317. The maximum atomic E-state index is 13.1. The fourth-order valence-corrected chi connectivity index (χ4v) is 5.00. The Balaban J connectivity index is 1.55. The third-order valence-corrected chi connectivity index (χ3v) is 6.41. The molecule has 0 radical (unpaired) electrons. The summed E-state index contributed by atoms with van der Waals surface area (Å²) in [7, 11) is 0. The van der Waals surface area contributed by atoms with Crippen molar-refractivity contribution < 1.29 is 19.2 Å². The van der Waals surface area contributed by atoms with Gasteiger partial charge in [-0.15, -0.1) is 0 Å². The molecule has 8 nitrogen and oxygen atoms in total. The number of carbonyl (C=O) groups is 2. The van der Waals surface area contributed by atoms with Gasteiger partial charge in [0.05, 0.1) is 10.5 Å². The molecule has 1 saturated heterocycles. The molecular weight excluding hydrogens is 434 g/mol. The van der Waals surface area contributed by atoms with Crippen molar-refractivity contribution in [2.45, 2.75) is 40.2 Å². The largest absolute Gasteiger partial charge is 0.451 e. The van der Waals surface area contributed by atoms with Crippen LogP contribution in [0.4, 0.5) is 11.4 Å². The van der Waals surface area contributed by atoms with Crippen LogP contribution in [-0.2, 0) is 4.74 Å². The van der Waals surface area contributed by atoms with E-state index >= 15 is 0 Å². The number of carbonyl (C=O) groups excluding carboxylic acids is 2. The van der Waals surface area contributed by atoms with E-state index in [1.165, 1.54) is 19.1 Å². The van der Waals surface area contributed by atoms with Crippen molar-refractivity contribution in [3.8, 4) is 0 Å². The lowest BCUT2D eigenvalue weighted by molar-refractivity contribution is -0.384. The zero-order chi connectivity index (χ0) is 24.6. The number of aryl methyl sites for hydroxylation is 1. The van der Waals surface area contributed by atoms with Gasteiger partial charge in [-0.25, -0.2) is 4.79 Å². The topological polar surface area (TPSA) is 106 Å². The van der Waals surface area contributed by atoms with Crippen molar-refractivity contribution in [3.05, 3.63) is 69.4 Å². The van der Waals surface area contributed by atoms with E-state index in [0.29, 0.717) is 28.8 Å². The van der Waals surface area contributed by atoms with E-state index in [1.807, 2.05) is 29.2 Å². The molecule has 8 heteroatoms. The van der Waals surface area contributed by atoms with E-state index in [0.717, 1.165) is 30.4 Å². The Morgan fingerprint density at radius 3 is 2.50 bits per heavy atom. The van der Waals surface area contributed by atoms with E-state index in [9.17, 15) is 19.7 Å². The van der Waals surface area contributed by atoms with Gasteiger partial charge in [-0.2, -0.15) is 0 Å². The van der Waals surface area contributed by atoms with Gasteiger partial charge in [-0.3, -0.25) is 14.9 Å². The predicted molar refractivity (Wildman–Crippen MR) is 130 cm³/mol. The second-order valence-electron chi connectivity index (χ2n) is 9.39. The molecule has 0 aliphatic carbocycles. The van der Waals surface area contributed by atoms with Crippen LogP contribution in [0.15, 0.2) is 42.5 Å². The molecule has 3 aromatic rings. The fraction of sp³-hybridized carbons (Fsp3) is 0.385. The Labute approximate surface area is 198 Å². The highest BCUT2D eigenvalue weighted by Crippen LogP contribution is 2.34. The van der Waals surface area contributed by atoms with Crippen LogP contribution >= 0.6 is 0 Å². The van der Waals surface area contributed by atoms with Crippen molar-refractivity contribution in [2.75, 3.05) is 18.0 Å². The Hall–Kier alpha value is -3.68. The second kappa shape index (κ2) is 9.29. The Morgan fingerprint density at radius 1 is 1.15 bits per heavy atom. The fourth-order valence-electron chi connectivity index (χ4n) is 5.00. The number of fused-ring (bicyclic) bond motifs is 1. The van der Waals surface area contributed by atoms with Gasteiger partial charge in [0, 0.05) is 41.3 Å². The van der Waals surface area contributed by atoms with Crippen LogP contribution < -0.4 is 4.90 Å². The second-order valence-corrected chi connectivity index (χ2v) is 9.39. The minimum Gasteiger partial charge on any atom is -0.451 e. The van der Waals surface area contributed by atoms with Gasteiger partial charge in [0.25, 0.3) is 5.69 Å². The SMILES string of the molecule is Cc1[nH]c2ccccc2c1C(=O)[C@@H](C)OC(=O)c1ccc(N2C[C@H](C)C[C@H](C)C2)c([N+](=O)[O-])c1. The molecule has 2 aromatic carbocycles. The average Bonchev–Trinajstić information content (AvgIpc) is 3.12. The van der Waals surface area contributed by atoms with E-state index in [4.69, 9.17) is 4.74 Å². The lowest BCUT2D eigenvalue weighted by Crippen LogP contribution is -2.39. The normalized spacial score (nSPS) is 19.1. The number of ketones is 1. The van der Waals surface area contributed by atoms with Crippen molar-refractivity contribution >= 4 is 34.0 Å². The number of hydrogen-bond donors (Lipinski definition) is 1. The molecule has 1 aromatic heterocycles. The highest BCUT2D eigenvalue weighted by atomic mass is 16.6. The molecule has 0 saturated carbocycles. The van der Waals surface area contributed by atoms with Crippen molar-refractivity contribution in [1.82, 2.24) is 4.98 Å². The molecule has 0 unspecified atom stereocenters. The molecular formula is C26H29N3O5. The van der Waals surface area contributed by atoms with Crippen LogP contribution in [0.5, 0.6) is 0 Å². The van der Waals surface area contributed by atoms with Gasteiger partial charge in [-0.05, 0) is 50.3 Å². The summed E-state index contributed by atoms with van der Waals surface area (Å²) in [6, 6.07) is 11.8. The number of aromatic nitrogens is 1. The molecule has 1 aliphatic heterocycles. The smallest absolute Gasteiger partial charge is 0.339 e. The van der Waals surface area contributed by atoms with Gasteiger partial charge in [-0.1, -0.05) is 32.0 Å². The van der Waals surface area contributed by atoms with Gasteiger partial charge in [0.15, 0.2) is 6.10 Å². The standard InChI is InChI=1S/C26H29N3O5/c1-15-11-16(2)14-28(13-15)22-10-9-19(12-23(22)29(32)33)26(31)34-18(4)25(30)24-17(3)27-21-8-6-5-7-20(21)24/h5-10,12,15-16,18,27H,11,13-14H2,1-4H3/t15-,16+,18-/m1/s1. The maximum absolute atomic E-state index is 13.1. The first-order chi connectivity index (χ1) is 16.2. The van der Waals surface area contributed by atoms with E-state index in [1.54, 1.807) is 13.0 Å². The summed E-state index contributed by atoms with van der Waals surface area (Å²) in [6.45, 7) is 9.03. The third-order valence-electron chi connectivity index (χ3n) is 6.41. The Kier molecular flexibility index (Phi) is 6.41. The number of nitrogens with zero attached hydrogens (tertiary/aromatic N) is 2. The van der Waals surface area contributed by atoms with Crippen LogP contribution in [0.1, 0.15) is 53.6 Å². The van der Waals surface area contributed by atoms with E-state index in [-0.39, 0.29) is 17.0 Å². The van der Waals surface area contributed by atoms with Gasteiger partial charge >= 0.3 is 5.97 Å². The molecule has 1 aliphatic rings. The highest BCUT2D eigenvalue weighted by Gasteiger charge is 2.29. The minimum absolute atomic E-state index is 0.0452. The lowest BCUT2D eigenvalue weighted by atomic mass is 9.91. The van der Waals surface area contributed by atoms with Crippen molar-refractivity contribution in [1.29, 1.82) is 0 Å². The summed E-state index contributed by atoms with van der Waals surface area (Å²) in [5.74, 6) is -0.250. The molecule has 0 spiro atoms. The number of aromatic amines is 1. The summed E-state index contributed by atoms with van der Waals surface area (Å²) in [5, 5.41) is 12.6. The van der Waals surface area contributed by atoms with E-state index < -0.39 is 17.0 Å². The number of nitrogens with one attached hydrogen (secondary N) is 1. The number of hydrogen-bond acceptors (Lipinski definition) is 6. The molecule has 1 N–H and O–H groups in total. The molecule has 0 amide bonds. The van der Waals surface area contributed by atoms with E-state index in [2.05, 4.69) is 18.8 Å². The first-order valence-corrected chi connectivity index (χ1v) is 11.5. The van der Waals surface area contributed by atoms with Crippen LogP contribution in [0, 0.1) is 28.9 Å². The van der Waals surface area contributed by atoms with Crippen LogP contribution in [0.25, 0.3) is 10.9 Å². The number of rotatable bonds is 6. The van der Waals surface area contributed by atoms with Crippen molar-refractivity contribution in [3.63, 3.8) is 0 Å². The number of nitro benzene ring substituents is 1. The average molecular weight is 464 g/mol. The minimum atomic E-state index is -1.05. The van der Waals surface area contributed by atoms with Gasteiger partial charge in [0.1, 0.15) is 5.69 Å². The van der Waals surface area contributed by atoms with Gasteiger partial charge < -0.3 is 14.6 Å². The number of Topliss-reactive ketones (excluding diaryl/α,β-unsaturated/α-hetero) is 1. The van der Waals surface area contributed by atoms with Crippen LogP contribution in [-0.4, -0.2) is 40.9 Å². The maximum Gasteiger partial charge on any atom is 0.339 e. The first-order valence-electron chi connectivity index (χ1n) is 11.5. The molecule has 4 rings (SSSR count). The third kappa shape index (κ3) is 4.53. The molecule has 1 fully saturated rings. The predicted octanol–water partition coefficient (Wildman–Crippen LogP) is 5.30. The Bertz CT molecular complexity index is 1250. The zero-order valence-electron chi connectivity index (χ0n) is 19.8. The number of anilines is 1. The summed E-state index contributed by atoms with van der Waals surface area (Å²) in [5.41, 5.74) is 2.41. The molecule has 178 valence electrons. The number of esters is 1. The summed E-state index contributed by atoms with van der Waals surface area (Å²) >= 11 is 0. The number of para-hydroxylation sites is 1. The Morgan fingerprint density at radius 2 is 1.82 bits per heavy atom. The number of piperidine rings is 1. The number of nitro groups is 1. The number of benzene rings is 2. The van der Waals surface area contributed by atoms with Gasteiger partial charge in [0.2, 0.25) is 5.78 Å². The van der Waals surface area contributed by atoms with Crippen LogP contribution in [0.2, 0.25) is 0 Å². The zero-order valence-corrected chi connectivity index (χ0v) is 19.8. The summed E-state index contributed by atoms with van der Waals surface area (Å²) in [4.78, 5) is 42.4. The molecule has 2 heterocycles. The number of H-pyrrole nitrogens is 1. The van der Waals surface area contributed by atoms with Crippen LogP contribution in [0.3, 0.4) is 0 Å². The molecule has 3 atom stereocenters. The highest BCUT2D eigenvalue weighted by molar-refractivity contribution is 6.11. The lowest BCUT2D eigenvalue weighted by Gasteiger charge is -2.36. The summed E-state index contributed by atoms with van der Waals surface area (Å²) < 4.78 is 5.44. The monoisotopic (exact) mass is 463 g/mol.